The molecule has 1 fully saturated rings. The van der Waals surface area contributed by atoms with Crippen molar-refractivity contribution >= 4 is 23.3 Å². The zero-order chi connectivity index (χ0) is 4.24. The molecule has 0 atom stereocenters. The van der Waals surface area contributed by atoms with Crippen molar-refractivity contribution < 1.29 is 4.43 Å². The van der Waals surface area contributed by atoms with E-state index >= 15 is 0 Å². The maximum atomic E-state index is 5.21. The fourth-order valence-corrected chi connectivity index (χ4v) is 1.86. The van der Waals surface area contributed by atoms with E-state index < -0.39 is 0 Å². The van der Waals surface area contributed by atoms with Gasteiger partial charge in [-0.1, -0.05) is 6.42 Å². The molecule has 1 rings (SSSR count). The van der Waals surface area contributed by atoms with Crippen LogP contribution in [0.1, 0.15) is 12.8 Å². The van der Waals surface area contributed by atoms with Crippen LogP contribution < -0.4 is 0 Å². The van der Waals surface area contributed by atoms with Gasteiger partial charge in [-0.05, 0) is 12.5 Å². The van der Waals surface area contributed by atoms with Crippen LogP contribution in [0.5, 0.6) is 0 Å². The quantitative estimate of drug-likeness (QED) is 0.438. The third-order valence-corrected chi connectivity index (χ3v) is 2.44. The monoisotopic (exact) mass is 136 g/mol. The lowest BCUT2D eigenvalue weighted by Gasteiger charge is -2.07. The van der Waals surface area contributed by atoms with E-state index in [0.29, 0.717) is 0 Å². The van der Waals surface area contributed by atoms with Crippen molar-refractivity contribution in [1.82, 2.24) is 0 Å². The summed E-state index contributed by atoms with van der Waals surface area (Å²) in [5.74, 6) is 0. The lowest BCUT2D eigenvalue weighted by Crippen LogP contribution is -2.06. The van der Waals surface area contributed by atoms with E-state index in [0.717, 1.165) is 6.61 Å². The molecule has 0 saturated carbocycles. The molecule has 0 spiro atoms. The Bertz CT molecular complexity index is 27.2. The minimum atomic E-state index is 0. The van der Waals surface area contributed by atoms with Crippen molar-refractivity contribution in [3.05, 3.63) is 0 Å². The Balaban J connectivity index is 0.000000360. The molecule has 0 unspecified atom stereocenters. The lowest BCUT2D eigenvalue weighted by molar-refractivity contribution is 0.304. The Kier molecular flexibility index (Phi) is 5.03. The molecule has 0 amide bonds. The van der Waals surface area contributed by atoms with Gasteiger partial charge in [0.25, 0.3) is 0 Å². The lowest BCUT2D eigenvalue weighted by atomic mass is 10.4. The van der Waals surface area contributed by atoms with E-state index in [-0.39, 0.29) is 23.3 Å². The van der Waals surface area contributed by atoms with Gasteiger partial charge in [0.2, 0.25) is 0 Å². The van der Waals surface area contributed by atoms with Crippen LogP contribution in [0, 0.1) is 0 Å². The standard InChI is InChI=1S/C4H10OSi.H2S/c1-2-4-6-5-3-1;/h1-4,6H2;1H2. The molecule has 0 aliphatic carbocycles. The highest BCUT2D eigenvalue weighted by Gasteiger charge is 1.96. The first-order valence-electron chi connectivity index (χ1n) is 2.58. The Morgan fingerprint density at radius 2 is 2.14 bits per heavy atom. The largest absolute Gasteiger partial charge is 0.424 e. The van der Waals surface area contributed by atoms with Crippen molar-refractivity contribution in [2.75, 3.05) is 6.61 Å². The van der Waals surface area contributed by atoms with Crippen LogP contribution in [-0.2, 0) is 4.43 Å². The summed E-state index contributed by atoms with van der Waals surface area (Å²) in [6.07, 6.45) is 2.75. The molecule has 1 nitrogen and oxygen atoms in total. The number of hydrogen-bond acceptors (Lipinski definition) is 1. The van der Waals surface area contributed by atoms with E-state index in [1.807, 2.05) is 0 Å². The predicted molar refractivity (Wildman–Crippen MR) is 38.9 cm³/mol. The minimum absolute atomic E-state index is 0. The first-order valence-corrected chi connectivity index (χ1v) is 4.15. The maximum absolute atomic E-state index is 5.21. The van der Waals surface area contributed by atoms with Gasteiger partial charge in [0, 0.05) is 6.61 Å². The second-order valence-electron chi connectivity index (χ2n) is 1.67. The molecule has 0 N–H and O–H groups in total. The highest BCUT2D eigenvalue weighted by molar-refractivity contribution is 7.59. The van der Waals surface area contributed by atoms with Gasteiger partial charge >= 0.3 is 0 Å². The van der Waals surface area contributed by atoms with Crippen LogP contribution in [0.15, 0.2) is 0 Å². The van der Waals surface area contributed by atoms with Crippen molar-refractivity contribution in [3.8, 4) is 0 Å². The van der Waals surface area contributed by atoms with Crippen LogP contribution >= 0.6 is 13.5 Å². The van der Waals surface area contributed by atoms with Gasteiger partial charge in [0.05, 0.1) is 0 Å². The van der Waals surface area contributed by atoms with Gasteiger partial charge in [-0.15, -0.1) is 0 Å². The highest BCUT2D eigenvalue weighted by Crippen LogP contribution is 2.01. The second kappa shape index (κ2) is 4.68. The van der Waals surface area contributed by atoms with Crippen LogP contribution in [0.4, 0.5) is 0 Å². The van der Waals surface area contributed by atoms with E-state index in [2.05, 4.69) is 0 Å². The van der Waals surface area contributed by atoms with Crippen LogP contribution in [0.3, 0.4) is 0 Å². The summed E-state index contributed by atoms with van der Waals surface area (Å²) in [4.78, 5) is 0. The zero-order valence-corrected chi connectivity index (χ0v) is 6.86. The second-order valence-corrected chi connectivity index (χ2v) is 3.20. The molecule has 7 heavy (non-hydrogen) atoms. The molecule has 0 aromatic rings. The third kappa shape index (κ3) is 3.14. The van der Waals surface area contributed by atoms with Gasteiger partial charge in [-0.3, -0.25) is 0 Å². The summed E-state index contributed by atoms with van der Waals surface area (Å²) in [6, 6.07) is 1.42. The summed E-state index contributed by atoms with van der Waals surface area (Å²) in [6.45, 7) is 1.06. The molecule has 1 aliphatic heterocycles. The van der Waals surface area contributed by atoms with Crippen molar-refractivity contribution in [1.29, 1.82) is 0 Å². The Labute approximate surface area is 53.8 Å². The van der Waals surface area contributed by atoms with Crippen LogP contribution in [0.2, 0.25) is 6.04 Å². The first-order chi connectivity index (χ1) is 3.00. The molecule has 3 heteroatoms. The molecule has 0 bridgehead atoms. The predicted octanol–water partition coefficient (Wildman–Crippen LogP) is 0.412. The molecule has 1 aliphatic rings. The normalized spacial score (nSPS) is 24.0. The van der Waals surface area contributed by atoms with E-state index in [1.54, 1.807) is 0 Å². The molecular weight excluding hydrogens is 124 g/mol. The molecule has 0 radical (unpaired) electrons. The topological polar surface area (TPSA) is 9.23 Å². The first kappa shape index (κ1) is 7.53. The molecule has 44 valence electrons. The summed E-state index contributed by atoms with van der Waals surface area (Å²) >= 11 is 0. The fourth-order valence-electron chi connectivity index (χ4n) is 0.687. The number of hydrogen-bond donors (Lipinski definition) is 0. The van der Waals surface area contributed by atoms with Gasteiger partial charge in [0.15, 0.2) is 9.76 Å². The van der Waals surface area contributed by atoms with E-state index in [9.17, 15) is 0 Å². The smallest absolute Gasteiger partial charge is 0.161 e. The molecule has 1 saturated heterocycles. The van der Waals surface area contributed by atoms with Crippen molar-refractivity contribution in [2.24, 2.45) is 0 Å². The summed E-state index contributed by atoms with van der Waals surface area (Å²) in [7, 11) is 0.00849. The van der Waals surface area contributed by atoms with Crippen molar-refractivity contribution in [3.63, 3.8) is 0 Å². The minimum Gasteiger partial charge on any atom is -0.424 e. The number of rotatable bonds is 0. The molecule has 0 aromatic heterocycles. The zero-order valence-electron chi connectivity index (χ0n) is 4.44. The van der Waals surface area contributed by atoms with E-state index in [1.165, 1.54) is 18.9 Å². The highest BCUT2D eigenvalue weighted by atomic mass is 32.1. The average molecular weight is 136 g/mol. The summed E-state index contributed by atoms with van der Waals surface area (Å²) < 4.78 is 5.21. The maximum Gasteiger partial charge on any atom is 0.161 e. The van der Waals surface area contributed by atoms with Crippen LogP contribution in [-0.4, -0.2) is 16.4 Å². The average Bonchev–Trinajstić information content (AvgIpc) is 1.72. The molecule has 1 heterocycles. The van der Waals surface area contributed by atoms with E-state index in [4.69, 9.17) is 4.43 Å². The summed E-state index contributed by atoms with van der Waals surface area (Å²) in [5.41, 5.74) is 0. The van der Waals surface area contributed by atoms with Gasteiger partial charge in [-0.25, -0.2) is 0 Å². The van der Waals surface area contributed by atoms with Gasteiger partial charge in [-0.2, -0.15) is 13.5 Å². The molecular formula is C4H12OSSi. The van der Waals surface area contributed by atoms with Crippen molar-refractivity contribution in [2.45, 2.75) is 18.9 Å². The SMILES string of the molecule is C1CC[SiH2]OC1.S. The molecule has 0 aromatic carbocycles. The summed E-state index contributed by atoms with van der Waals surface area (Å²) in [5, 5.41) is 0. The third-order valence-electron chi connectivity index (χ3n) is 1.08. The Morgan fingerprint density at radius 3 is 2.29 bits per heavy atom. The Morgan fingerprint density at radius 1 is 1.29 bits per heavy atom. The van der Waals surface area contributed by atoms with Crippen LogP contribution in [0.25, 0.3) is 0 Å². The van der Waals surface area contributed by atoms with Gasteiger partial charge < -0.3 is 4.43 Å². The fraction of sp³-hybridized carbons (Fsp3) is 1.00. The van der Waals surface area contributed by atoms with Gasteiger partial charge in [0.1, 0.15) is 0 Å². The Hall–Kier alpha value is 0.527.